The van der Waals surface area contributed by atoms with E-state index in [-0.39, 0.29) is 24.8 Å². The zero-order chi connectivity index (χ0) is 15.6. The molecular weight excluding hydrogens is 308 g/mol. The van der Waals surface area contributed by atoms with Crippen molar-refractivity contribution in [1.29, 1.82) is 0 Å². The number of carboxylic acids is 1. The third kappa shape index (κ3) is 5.00. The number of hydrogen-bond donors (Lipinski definition) is 2. The lowest BCUT2D eigenvalue weighted by atomic mass is 10.2. The average Bonchev–Trinajstić information content (AvgIpc) is 2.24. The quantitative estimate of drug-likeness (QED) is 0.648. The number of rotatable bonds is 6. The largest absolute Gasteiger partial charge is 0.481 e. The summed E-state index contributed by atoms with van der Waals surface area (Å²) in [6, 6.07) is -1.06. The molecule has 0 bridgehead atoms. The smallest absolute Gasteiger partial charge is 0.305 e. The minimum absolute atomic E-state index is 0.0937. The molecule has 1 saturated heterocycles. The van der Waals surface area contributed by atoms with Gasteiger partial charge in [-0.2, -0.15) is 12.7 Å². The molecule has 1 fully saturated rings. The fraction of sp³-hybridized carbons (Fsp3) is 0.900. The summed E-state index contributed by atoms with van der Waals surface area (Å²) in [4.78, 5) is 10.8. The Bertz CT molecular complexity index is 554. The monoisotopic (exact) mass is 328 g/mol. The highest BCUT2D eigenvalue weighted by atomic mass is 32.2. The molecule has 1 unspecified atom stereocenters. The first kappa shape index (κ1) is 17.3. The number of carboxylic acid groups (broad SMARTS) is 1. The van der Waals surface area contributed by atoms with Crippen LogP contribution in [0.25, 0.3) is 0 Å². The van der Waals surface area contributed by atoms with Crippen molar-refractivity contribution in [3.63, 3.8) is 0 Å². The lowest BCUT2D eigenvalue weighted by molar-refractivity contribution is -0.137. The number of carbonyl (C=O) groups is 1. The Morgan fingerprint density at radius 2 is 2.05 bits per heavy atom. The fourth-order valence-electron chi connectivity index (χ4n) is 1.90. The van der Waals surface area contributed by atoms with Gasteiger partial charge in [0.05, 0.1) is 24.0 Å². The molecule has 1 aliphatic rings. The van der Waals surface area contributed by atoms with Crippen molar-refractivity contribution >= 4 is 26.0 Å². The van der Waals surface area contributed by atoms with Gasteiger partial charge in [0.1, 0.15) is 0 Å². The minimum atomic E-state index is -3.87. The molecule has 0 radical (unpaired) electrons. The lowest BCUT2D eigenvalue weighted by Crippen LogP contribution is -2.55. The second kappa shape index (κ2) is 6.37. The molecule has 0 saturated carbocycles. The summed E-state index contributed by atoms with van der Waals surface area (Å²) in [6.45, 7) is 3.66. The predicted octanol–water partition coefficient (Wildman–Crippen LogP) is -0.949. The second-order valence-corrected chi connectivity index (χ2v) is 9.16. The summed E-state index contributed by atoms with van der Waals surface area (Å²) >= 11 is 0. The second-order valence-electron chi connectivity index (χ2n) is 5.22. The van der Waals surface area contributed by atoms with Crippen LogP contribution in [0.15, 0.2) is 0 Å². The van der Waals surface area contributed by atoms with Crippen molar-refractivity contribution in [3.05, 3.63) is 0 Å². The van der Waals surface area contributed by atoms with Gasteiger partial charge in [-0.1, -0.05) is 13.8 Å². The van der Waals surface area contributed by atoms with E-state index < -0.39 is 44.2 Å². The van der Waals surface area contributed by atoms with Crippen molar-refractivity contribution in [3.8, 4) is 0 Å². The average molecular weight is 328 g/mol. The molecule has 0 aromatic carbocycles. The number of sulfone groups is 1. The van der Waals surface area contributed by atoms with Gasteiger partial charge in [-0.05, 0) is 5.92 Å². The molecule has 118 valence electrons. The Kier molecular flexibility index (Phi) is 5.53. The third-order valence-electron chi connectivity index (χ3n) is 2.87. The number of aliphatic carboxylic acids is 1. The van der Waals surface area contributed by atoms with E-state index >= 15 is 0 Å². The molecule has 1 heterocycles. The molecule has 8 nitrogen and oxygen atoms in total. The van der Waals surface area contributed by atoms with Crippen LogP contribution in [0.4, 0.5) is 0 Å². The van der Waals surface area contributed by atoms with Gasteiger partial charge in [-0.15, -0.1) is 0 Å². The summed E-state index contributed by atoms with van der Waals surface area (Å²) in [5.74, 6) is -1.87. The van der Waals surface area contributed by atoms with Crippen LogP contribution in [-0.2, 0) is 24.8 Å². The fourth-order valence-corrected chi connectivity index (χ4v) is 5.22. The first-order valence-electron chi connectivity index (χ1n) is 6.22. The molecule has 0 aromatic rings. The van der Waals surface area contributed by atoms with Crippen LogP contribution in [0.3, 0.4) is 0 Å². The SMILES string of the molecule is CC(C)CNS(=O)(=O)N1CCS(=O)(=O)CC1CC(=O)O. The third-order valence-corrected chi connectivity index (χ3v) is 6.20. The Morgan fingerprint density at radius 3 is 2.55 bits per heavy atom. The highest BCUT2D eigenvalue weighted by Gasteiger charge is 2.39. The maximum atomic E-state index is 12.1. The number of nitrogens with one attached hydrogen (secondary N) is 1. The molecule has 1 aliphatic heterocycles. The van der Waals surface area contributed by atoms with E-state index in [2.05, 4.69) is 4.72 Å². The van der Waals surface area contributed by atoms with Crippen molar-refractivity contribution in [1.82, 2.24) is 9.03 Å². The zero-order valence-electron chi connectivity index (χ0n) is 11.4. The first-order chi connectivity index (χ1) is 9.03. The van der Waals surface area contributed by atoms with E-state index in [1.165, 1.54) is 0 Å². The molecule has 2 N–H and O–H groups in total. The normalized spacial score (nSPS) is 23.9. The molecule has 20 heavy (non-hydrogen) atoms. The Hall–Kier alpha value is -0.710. The molecule has 0 aromatic heterocycles. The highest BCUT2D eigenvalue weighted by Crippen LogP contribution is 2.18. The van der Waals surface area contributed by atoms with Gasteiger partial charge in [0.2, 0.25) is 0 Å². The van der Waals surface area contributed by atoms with E-state index in [0.717, 1.165) is 4.31 Å². The highest BCUT2D eigenvalue weighted by molar-refractivity contribution is 7.92. The summed E-state index contributed by atoms with van der Waals surface area (Å²) < 4.78 is 50.7. The van der Waals surface area contributed by atoms with Crippen LogP contribution in [0.5, 0.6) is 0 Å². The molecule has 0 amide bonds. The number of hydrogen-bond acceptors (Lipinski definition) is 5. The van der Waals surface area contributed by atoms with Gasteiger partial charge < -0.3 is 5.11 Å². The van der Waals surface area contributed by atoms with E-state index in [4.69, 9.17) is 5.11 Å². The van der Waals surface area contributed by atoms with Crippen LogP contribution in [0.2, 0.25) is 0 Å². The molecular formula is C10H20N2O6S2. The van der Waals surface area contributed by atoms with Gasteiger partial charge in [-0.25, -0.2) is 13.1 Å². The topological polar surface area (TPSA) is 121 Å². The Balaban J connectivity index is 2.92. The van der Waals surface area contributed by atoms with Gasteiger partial charge in [0.15, 0.2) is 9.84 Å². The Morgan fingerprint density at radius 1 is 1.45 bits per heavy atom. The lowest BCUT2D eigenvalue weighted by Gasteiger charge is -2.33. The van der Waals surface area contributed by atoms with Gasteiger partial charge in [0, 0.05) is 13.1 Å². The Labute approximate surface area is 119 Å². The molecule has 0 spiro atoms. The maximum Gasteiger partial charge on any atom is 0.305 e. The van der Waals surface area contributed by atoms with E-state index in [0.29, 0.717) is 0 Å². The van der Waals surface area contributed by atoms with Crippen LogP contribution in [0.1, 0.15) is 20.3 Å². The van der Waals surface area contributed by atoms with E-state index in [1.54, 1.807) is 0 Å². The van der Waals surface area contributed by atoms with Crippen molar-refractivity contribution in [2.45, 2.75) is 26.3 Å². The summed E-state index contributed by atoms with van der Waals surface area (Å²) in [5.41, 5.74) is 0. The van der Waals surface area contributed by atoms with Gasteiger partial charge in [0.25, 0.3) is 10.2 Å². The summed E-state index contributed by atoms with van der Waals surface area (Å²) in [5, 5.41) is 8.80. The van der Waals surface area contributed by atoms with Crippen LogP contribution in [0, 0.1) is 5.92 Å². The molecule has 1 atom stereocenters. The van der Waals surface area contributed by atoms with E-state index in [1.807, 2.05) is 13.8 Å². The number of nitrogens with zero attached hydrogens (tertiary/aromatic N) is 1. The molecule has 10 heteroatoms. The van der Waals surface area contributed by atoms with Crippen molar-refractivity contribution in [2.75, 3.05) is 24.6 Å². The first-order valence-corrected chi connectivity index (χ1v) is 9.48. The van der Waals surface area contributed by atoms with Crippen LogP contribution in [-0.4, -0.2) is 62.9 Å². The van der Waals surface area contributed by atoms with E-state index in [9.17, 15) is 21.6 Å². The van der Waals surface area contributed by atoms with Crippen molar-refractivity contribution in [2.24, 2.45) is 5.92 Å². The minimum Gasteiger partial charge on any atom is -0.481 e. The van der Waals surface area contributed by atoms with Crippen molar-refractivity contribution < 1.29 is 26.7 Å². The van der Waals surface area contributed by atoms with Crippen LogP contribution >= 0.6 is 0 Å². The summed E-state index contributed by atoms with van der Waals surface area (Å²) in [7, 11) is -7.27. The zero-order valence-corrected chi connectivity index (χ0v) is 13.1. The van der Waals surface area contributed by atoms with Crippen LogP contribution < -0.4 is 4.72 Å². The summed E-state index contributed by atoms with van der Waals surface area (Å²) in [6.07, 6.45) is -0.526. The maximum absolute atomic E-state index is 12.1. The molecule has 1 rings (SSSR count). The molecule has 0 aliphatic carbocycles. The van der Waals surface area contributed by atoms with Gasteiger partial charge >= 0.3 is 5.97 Å². The van der Waals surface area contributed by atoms with Gasteiger partial charge in [-0.3, -0.25) is 4.79 Å². The predicted molar refractivity (Wildman–Crippen MR) is 73.2 cm³/mol. The standard InChI is InChI=1S/C10H20N2O6S2/c1-8(2)6-11-20(17,18)12-3-4-19(15,16)7-9(12)5-10(13)14/h8-9,11H,3-7H2,1-2H3,(H,13,14).